The first-order chi connectivity index (χ1) is 21.6. The van der Waals surface area contributed by atoms with E-state index < -0.39 is 35.0 Å². The molecule has 0 bridgehead atoms. The summed E-state index contributed by atoms with van der Waals surface area (Å²) in [6, 6.07) is 20.0. The van der Waals surface area contributed by atoms with Gasteiger partial charge in [0.25, 0.3) is 0 Å². The van der Waals surface area contributed by atoms with Crippen LogP contribution in [-0.2, 0) is 19.2 Å². The van der Waals surface area contributed by atoms with Gasteiger partial charge >= 0.3 is 0 Å². The molecule has 0 radical (unpaired) electrons. The van der Waals surface area contributed by atoms with Gasteiger partial charge in [0, 0.05) is 17.0 Å². The van der Waals surface area contributed by atoms with Crippen LogP contribution in [0.3, 0.4) is 0 Å². The smallest absolute Gasteiger partial charge is 0.241 e. The number of Topliss-reactive ketones (excluding diaryl/α,β-unsaturated/α-hetero) is 1. The lowest BCUT2D eigenvalue weighted by Crippen LogP contribution is -2.48. The Morgan fingerprint density at radius 2 is 1.56 bits per heavy atom. The topological polar surface area (TPSA) is 121 Å². The lowest BCUT2D eigenvalue weighted by molar-refractivity contribution is -0.131. The number of benzene rings is 3. The highest BCUT2D eigenvalue weighted by molar-refractivity contribution is 6.25. The number of phenols is 1. The SMILES string of the molecule is COc1ccc(O)c(C2C3=CCC4C(=O)N(c5ccc(C(C)=O)cc5)C(=O)C4C3CC3C(=O)N(c4ccccc4)C(=O)C32C)c1. The van der Waals surface area contributed by atoms with E-state index in [2.05, 4.69) is 0 Å². The Hall–Kier alpha value is -5.05. The summed E-state index contributed by atoms with van der Waals surface area (Å²) in [6.45, 7) is 3.22. The maximum atomic E-state index is 14.5. The molecule has 9 heteroatoms. The number of rotatable bonds is 5. The number of phenolic OH excluding ortho intramolecular Hbond substituents is 1. The van der Waals surface area contributed by atoms with E-state index in [4.69, 9.17) is 4.74 Å². The predicted molar refractivity (Wildman–Crippen MR) is 165 cm³/mol. The van der Waals surface area contributed by atoms with Crippen molar-refractivity contribution in [3.63, 3.8) is 0 Å². The number of amides is 4. The summed E-state index contributed by atoms with van der Waals surface area (Å²) in [6.07, 6.45) is 2.41. The van der Waals surface area contributed by atoms with Crippen molar-refractivity contribution >= 4 is 40.8 Å². The second-order valence-corrected chi connectivity index (χ2v) is 12.5. The number of nitrogens with zero attached hydrogens (tertiary/aromatic N) is 2. The van der Waals surface area contributed by atoms with Gasteiger partial charge in [0.05, 0.1) is 41.7 Å². The van der Waals surface area contributed by atoms with E-state index in [0.29, 0.717) is 28.3 Å². The molecule has 2 saturated heterocycles. The first-order valence-corrected chi connectivity index (χ1v) is 15.1. The van der Waals surface area contributed by atoms with Crippen LogP contribution in [0.25, 0.3) is 0 Å². The number of ketones is 1. The molecule has 228 valence electrons. The minimum Gasteiger partial charge on any atom is -0.508 e. The molecule has 2 aliphatic heterocycles. The minimum atomic E-state index is -1.28. The summed E-state index contributed by atoms with van der Waals surface area (Å²) < 4.78 is 5.49. The van der Waals surface area contributed by atoms with E-state index in [1.807, 2.05) is 12.1 Å². The van der Waals surface area contributed by atoms with E-state index in [-0.39, 0.29) is 48.0 Å². The van der Waals surface area contributed by atoms with E-state index in [9.17, 15) is 29.1 Å². The van der Waals surface area contributed by atoms with Crippen molar-refractivity contribution in [2.45, 2.75) is 32.6 Å². The monoisotopic (exact) mass is 604 g/mol. The largest absolute Gasteiger partial charge is 0.508 e. The molecule has 2 aliphatic carbocycles. The molecule has 0 aromatic heterocycles. The first-order valence-electron chi connectivity index (χ1n) is 15.1. The van der Waals surface area contributed by atoms with Crippen molar-refractivity contribution in [1.82, 2.24) is 0 Å². The molecule has 4 amide bonds. The highest BCUT2D eigenvalue weighted by Crippen LogP contribution is 2.64. The first kappa shape index (κ1) is 28.7. The quantitative estimate of drug-likeness (QED) is 0.246. The van der Waals surface area contributed by atoms with Gasteiger partial charge < -0.3 is 9.84 Å². The third kappa shape index (κ3) is 4.02. The van der Waals surface area contributed by atoms with Gasteiger partial charge in [-0.25, -0.2) is 4.90 Å². The molecule has 1 saturated carbocycles. The third-order valence-electron chi connectivity index (χ3n) is 10.4. The van der Waals surface area contributed by atoms with Crippen LogP contribution in [0.1, 0.15) is 48.5 Å². The van der Waals surface area contributed by atoms with Gasteiger partial charge in [0.2, 0.25) is 23.6 Å². The van der Waals surface area contributed by atoms with E-state index in [1.165, 1.54) is 29.9 Å². The zero-order valence-electron chi connectivity index (χ0n) is 25.1. The van der Waals surface area contributed by atoms with Crippen LogP contribution in [0.2, 0.25) is 0 Å². The molecule has 3 aromatic carbocycles. The number of imide groups is 2. The zero-order chi connectivity index (χ0) is 31.8. The highest BCUT2D eigenvalue weighted by Gasteiger charge is 2.68. The summed E-state index contributed by atoms with van der Waals surface area (Å²) in [5.74, 6) is -4.62. The van der Waals surface area contributed by atoms with Crippen LogP contribution in [0.5, 0.6) is 11.5 Å². The van der Waals surface area contributed by atoms with Crippen molar-refractivity contribution in [2.24, 2.45) is 29.1 Å². The Balaban J connectivity index is 1.36. The van der Waals surface area contributed by atoms with E-state index in [0.717, 1.165) is 5.57 Å². The van der Waals surface area contributed by atoms with Crippen LogP contribution in [0.15, 0.2) is 84.4 Å². The molecule has 9 nitrogen and oxygen atoms in total. The number of carbonyl (C=O) groups excluding carboxylic acids is 5. The van der Waals surface area contributed by atoms with Gasteiger partial charge in [-0.2, -0.15) is 0 Å². The van der Waals surface area contributed by atoms with Crippen molar-refractivity contribution in [2.75, 3.05) is 16.9 Å². The molecular weight excluding hydrogens is 572 g/mol. The standard InChI is InChI=1S/C36H32N2O7/c1-19(39)20-9-11-22(12-10-20)37-32(41)25-15-14-24-26(30(25)34(37)43)18-28-33(42)38(21-7-5-4-6-8-21)35(44)36(28,2)31(24)27-17-23(45-3)13-16-29(27)40/h4-14,16-17,25-26,28,30-31,40H,15,18H2,1-3H3. The van der Waals surface area contributed by atoms with E-state index in [1.54, 1.807) is 67.6 Å². The molecule has 1 N–H and O–H groups in total. The van der Waals surface area contributed by atoms with Gasteiger partial charge in [-0.05, 0) is 87.2 Å². The second kappa shape index (κ2) is 10.3. The molecule has 2 heterocycles. The molecule has 6 unspecified atom stereocenters. The second-order valence-electron chi connectivity index (χ2n) is 12.5. The Morgan fingerprint density at radius 1 is 0.867 bits per heavy atom. The Morgan fingerprint density at radius 3 is 2.22 bits per heavy atom. The molecule has 45 heavy (non-hydrogen) atoms. The fourth-order valence-corrected chi connectivity index (χ4v) is 8.17. The predicted octanol–water partition coefficient (Wildman–Crippen LogP) is 5.04. The van der Waals surface area contributed by atoms with Gasteiger partial charge in [0.15, 0.2) is 5.78 Å². The Labute approximate surface area is 260 Å². The minimum absolute atomic E-state index is 0.0520. The van der Waals surface area contributed by atoms with Gasteiger partial charge in [-0.15, -0.1) is 0 Å². The molecule has 3 aromatic rings. The number of aromatic hydroxyl groups is 1. The summed E-state index contributed by atoms with van der Waals surface area (Å²) in [7, 11) is 1.51. The maximum Gasteiger partial charge on any atom is 0.241 e. The average Bonchev–Trinajstić information content (AvgIpc) is 3.41. The summed E-state index contributed by atoms with van der Waals surface area (Å²) in [5, 5.41) is 11.2. The zero-order valence-corrected chi connectivity index (χ0v) is 25.1. The normalized spacial score (nSPS) is 28.9. The fourth-order valence-electron chi connectivity index (χ4n) is 8.17. The summed E-state index contributed by atoms with van der Waals surface area (Å²) in [4.78, 5) is 71.0. The lowest BCUT2D eigenvalue weighted by atomic mass is 9.51. The number of para-hydroxylation sites is 1. The van der Waals surface area contributed by atoms with Gasteiger partial charge in [-0.3, -0.25) is 28.9 Å². The molecule has 6 atom stereocenters. The van der Waals surface area contributed by atoms with Crippen molar-refractivity contribution < 1.29 is 33.8 Å². The van der Waals surface area contributed by atoms with Crippen molar-refractivity contribution in [3.8, 4) is 11.5 Å². The summed E-state index contributed by atoms with van der Waals surface area (Å²) >= 11 is 0. The number of anilines is 2. The number of methoxy groups -OCH3 is 1. The third-order valence-corrected chi connectivity index (χ3v) is 10.4. The van der Waals surface area contributed by atoms with Crippen LogP contribution in [0, 0.1) is 29.1 Å². The molecular formula is C36H32N2O7. The molecule has 4 aliphatic rings. The van der Waals surface area contributed by atoms with Crippen molar-refractivity contribution in [3.05, 3.63) is 95.6 Å². The van der Waals surface area contributed by atoms with Crippen LogP contribution in [0.4, 0.5) is 11.4 Å². The maximum absolute atomic E-state index is 14.5. The Kier molecular flexibility index (Phi) is 6.54. The molecule has 7 rings (SSSR count). The van der Waals surface area contributed by atoms with Gasteiger partial charge in [0.1, 0.15) is 11.5 Å². The Bertz CT molecular complexity index is 1810. The highest BCUT2D eigenvalue weighted by atomic mass is 16.5. The average molecular weight is 605 g/mol. The van der Waals surface area contributed by atoms with Crippen molar-refractivity contribution in [1.29, 1.82) is 0 Å². The number of hydrogen-bond donors (Lipinski definition) is 1. The molecule has 0 spiro atoms. The molecule has 3 fully saturated rings. The number of carbonyl (C=O) groups is 5. The van der Waals surface area contributed by atoms with Gasteiger partial charge in [-0.1, -0.05) is 29.8 Å². The lowest BCUT2D eigenvalue weighted by Gasteiger charge is -2.49. The van der Waals surface area contributed by atoms with Crippen LogP contribution in [-0.4, -0.2) is 41.6 Å². The summed E-state index contributed by atoms with van der Waals surface area (Å²) in [5.41, 5.74) is 1.24. The number of allylic oxidation sites excluding steroid dienone is 2. The number of fused-ring (bicyclic) bond motifs is 4. The number of ether oxygens (including phenoxy) is 1. The van der Waals surface area contributed by atoms with Crippen LogP contribution >= 0.6 is 0 Å². The van der Waals surface area contributed by atoms with E-state index >= 15 is 0 Å². The fraction of sp³-hybridized carbons (Fsp3) is 0.306. The number of hydrogen-bond acceptors (Lipinski definition) is 7. The van der Waals surface area contributed by atoms with Crippen LogP contribution < -0.4 is 14.5 Å².